The number of anilines is 1. The molecule has 1 saturated heterocycles. The summed E-state index contributed by atoms with van der Waals surface area (Å²) in [5, 5.41) is -0.00596. The van der Waals surface area contributed by atoms with Gasteiger partial charge in [-0.25, -0.2) is 4.79 Å². The molecule has 9 heteroatoms. The van der Waals surface area contributed by atoms with Gasteiger partial charge in [0.05, 0.1) is 68.0 Å². The second-order valence-corrected chi connectivity index (χ2v) is 13.0. The zero-order valence-corrected chi connectivity index (χ0v) is 27.3. The van der Waals surface area contributed by atoms with Crippen LogP contribution >= 0.6 is 11.8 Å². The average Bonchev–Trinajstić information content (AvgIpc) is 3.46. The van der Waals surface area contributed by atoms with Gasteiger partial charge >= 0.3 is 5.97 Å². The van der Waals surface area contributed by atoms with Crippen molar-refractivity contribution in [3.63, 3.8) is 0 Å². The summed E-state index contributed by atoms with van der Waals surface area (Å²) in [7, 11) is 3.36. The van der Waals surface area contributed by atoms with E-state index in [0.717, 1.165) is 28.2 Å². The lowest BCUT2D eigenvalue weighted by Gasteiger charge is -2.38. The fourth-order valence-electron chi connectivity index (χ4n) is 7.01. The number of rotatable bonds is 9. The van der Waals surface area contributed by atoms with E-state index in [4.69, 9.17) is 23.9 Å². The predicted molar refractivity (Wildman–Crippen MR) is 179 cm³/mol. The number of methoxy groups -OCH3 is 2. The highest BCUT2D eigenvalue weighted by atomic mass is 32.2. The molecular weight excluding hydrogens is 598 g/mol. The molecule has 0 bridgehead atoms. The lowest BCUT2D eigenvalue weighted by molar-refractivity contribution is 0.0524. The van der Waals surface area contributed by atoms with Crippen LogP contribution in [0.5, 0.6) is 11.5 Å². The number of hydrogen-bond donors (Lipinski definition) is 0. The van der Waals surface area contributed by atoms with Crippen molar-refractivity contribution in [2.45, 2.75) is 42.6 Å². The molecule has 1 fully saturated rings. The monoisotopic (exact) mass is 637 g/mol. The van der Waals surface area contributed by atoms with Crippen molar-refractivity contribution < 1.29 is 23.7 Å². The van der Waals surface area contributed by atoms with Gasteiger partial charge in [0.2, 0.25) is 0 Å². The topological polar surface area (TPSA) is 73.4 Å². The Morgan fingerprint density at radius 1 is 0.957 bits per heavy atom. The molecule has 46 heavy (non-hydrogen) atoms. The van der Waals surface area contributed by atoms with Gasteiger partial charge in [-0.05, 0) is 47.9 Å². The summed E-state index contributed by atoms with van der Waals surface area (Å²) in [6, 6.07) is 25.0. The quantitative estimate of drug-likeness (QED) is 0.189. The van der Waals surface area contributed by atoms with Crippen LogP contribution in [0, 0.1) is 0 Å². The third-order valence-corrected chi connectivity index (χ3v) is 10.4. The first-order chi connectivity index (χ1) is 22.6. The molecule has 0 amide bonds. The molecule has 0 saturated carbocycles. The van der Waals surface area contributed by atoms with Crippen molar-refractivity contribution in [2.75, 3.05) is 52.0 Å². The molecule has 238 valence electrons. The molecule has 3 aliphatic heterocycles. The van der Waals surface area contributed by atoms with Crippen LogP contribution in [0.25, 0.3) is 0 Å². The standard InChI is InChI=1S/C37H39N3O5S/c1-4-45-37(41)32-28-23-40-22-25-20-30(42-2)31(43-3)21-27(25)36(46-26-13-9-6-10-14-26)35(40)33(28)38-29(19-24-11-7-5-8-12-24)34(32)39-15-17-44-18-16-39/h5-14,20-21,35-36H,4,15-19,22-23H2,1-3H3. The maximum absolute atomic E-state index is 14.1. The fraction of sp³-hybridized carbons (Fsp3) is 0.351. The molecule has 0 aliphatic carbocycles. The van der Waals surface area contributed by atoms with E-state index < -0.39 is 0 Å². The maximum atomic E-state index is 14.1. The molecule has 2 unspecified atom stereocenters. The maximum Gasteiger partial charge on any atom is 0.340 e. The second kappa shape index (κ2) is 13.4. The second-order valence-electron chi connectivity index (χ2n) is 11.7. The molecule has 8 nitrogen and oxygen atoms in total. The highest BCUT2D eigenvalue weighted by Crippen LogP contribution is 2.57. The van der Waals surface area contributed by atoms with E-state index in [1.54, 1.807) is 14.2 Å². The van der Waals surface area contributed by atoms with Crippen LogP contribution in [-0.2, 0) is 29.0 Å². The number of pyridine rings is 1. The number of aromatic nitrogens is 1. The van der Waals surface area contributed by atoms with E-state index in [2.05, 4.69) is 70.5 Å². The summed E-state index contributed by atoms with van der Waals surface area (Å²) in [6.45, 7) is 6.07. The van der Waals surface area contributed by atoms with Crippen molar-refractivity contribution in [1.82, 2.24) is 9.88 Å². The molecule has 0 radical (unpaired) electrons. The molecule has 3 aromatic carbocycles. The zero-order valence-electron chi connectivity index (χ0n) is 26.5. The number of nitrogens with zero attached hydrogens (tertiary/aromatic N) is 3. The van der Waals surface area contributed by atoms with Gasteiger partial charge in [0.1, 0.15) is 0 Å². The predicted octanol–water partition coefficient (Wildman–Crippen LogP) is 6.61. The van der Waals surface area contributed by atoms with E-state index in [1.807, 2.05) is 30.8 Å². The average molecular weight is 638 g/mol. The minimum absolute atomic E-state index is 0.00596. The molecule has 4 aromatic rings. The van der Waals surface area contributed by atoms with Crippen molar-refractivity contribution in [3.8, 4) is 11.5 Å². The summed E-state index contributed by atoms with van der Waals surface area (Å²) in [4.78, 5) is 25.5. The lowest BCUT2D eigenvalue weighted by Crippen LogP contribution is -2.38. The fourth-order valence-corrected chi connectivity index (χ4v) is 8.40. The van der Waals surface area contributed by atoms with Crippen LogP contribution < -0.4 is 14.4 Å². The number of morpholine rings is 1. The molecule has 3 aliphatic rings. The molecule has 2 atom stereocenters. The molecular formula is C37H39N3O5S. The zero-order chi connectivity index (χ0) is 31.6. The molecule has 1 aromatic heterocycles. The molecule has 4 heterocycles. The van der Waals surface area contributed by atoms with Gasteiger partial charge in [-0.1, -0.05) is 48.5 Å². The van der Waals surface area contributed by atoms with Crippen LogP contribution in [-0.4, -0.2) is 63.0 Å². The Morgan fingerprint density at radius 2 is 1.65 bits per heavy atom. The Bertz CT molecular complexity index is 1710. The SMILES string of the molecule is CCOC(=O)c1c2c(nc(Cc3ccccc3)c1N1CCOCC1)C1C(Sc3ccccc3)c3cc(OC)c(OC)cc3CN1C2. The van der Waals surface area contributed by atoms with E-state index >= 15 is 0 Å². The van der Waals surface area contributed by atoms with E-state index in [0.29, 0.717) is 69.5 Å². The van der Waals surface area contributed by atoms with Crippen LogP contribution in [0.2, 0.25) is 0 Å². The number of carbonyl (C=O) groups is 1. The van der Waals surface area contributed by atoms with Crippen LogP contribution in [0.3, 0.4) is 0 Å². The number of hydrogen-bond acceptors (Lipinski definition) is 9. The lowest BCUT2D eigenvalue weighted by atomic mass is 9.91. The highest BCUT2D eigenvalue weighted by Gasteiger charge is 2.46. The first kappa shape index (κ1) is 30.6. The van der Waals surface area contributed by atoms with E-state index in [-0.39, 0.29) is 17.3 Å². The smallest absolute Gasteiger partial charge is 0.340 e. The Kier molecular flexibility index (Phi) is 8.88. The molecule has 0 N–H and O–H groups in total. The molecule has 7 rings (SSSR count). The summed E-state index contributed by atoms with van der Waals surface area (Å²) >= 11 is 1.83. The number of esters is 1. The molecule has 0 spiro atoms. The van der Waals surface area contributed by atoms with E-state index in [9.17, 15) is 4.79 Å². The number of carbonyl (C=O) groups excluding carboxylic acids is 1. The highest BCUT2D eigenvalue weighted by molar-refractivity contribution is 7.99. The van der Waals surface area contributed by atoms with Gasteiger partial charge < -0.3 is 23.8 Å². The Labute approximate surface area is 274 Å². The van der Waals surface area contributed by atoms with Crippen LogP contribution in [0.15, 0.2) is 77.7 Å². The van der Waals surface area contributed by atoms with Gasteiger partial charge in [-0.2, -0.15) is 0 Å². The van der Waals surface area contributed by atoms with Crippen molar-refractivity contribution in [2.24, 2.45) is 0 Å². The van der Waals surface area contributed by atoms with Crippen molar-refractivity contribution in [3.05, 3.63) is 112 Å². The van der Waals surface area contributed by atoms with Gasteiger partial charge in [0.25, 0.3) is 0 Å². The first-order valence-electron chi connectivity index (χ1n) is 15.9. The van der Waals surface area contributed by atoms with Gasteiger partial charge in [-0.3, -0.25) is 9.88 Å². The normalized spacial score (nSPS) is 18.8. The number of ether oxygens (including phenoxy) is 4. The third-order valence-electron chi connectivity index (χ3n) is 9.05. The van der Waals surface area contributed by atoms with Crippen LogP contribution in [0.4, 0.5) is 5.69 Å². The Morgan fingerprint density at radius 3 is 2.35 bits per heavy atom. The Hall–Kier alpha value is -4.05. The number of fused-ring (bicyclic) bond motifs is 4. The minimum atomic E-state index is -0.287. The Balaban J connectivity index is 1.44. The first-order valence-corrected chi connectivity index (χ1v) is 16.8. The van der Waals surface area contributed by atoms with E-state index in [1.165, 1.54) is 16.0 Å². The summed E-state index contributed by atoms with van der Waals surface area (Å²) in [6.07, 6.45) is 0.609. The third kappa shape index (κ3) is 5.72. The van der Waals surface area contributed by atoms with Crippen molar-refractivity contribution in [1.29, 1.82) is 0 Å². The van der Waals surface area contributed by atoms with Gasteiger partial charge in [0, 0.05) is 43.1 Å². The number of benzene rings is 3. The largest absolute Gasteiger partial charge is 0.493 e. The minimum Gasteiger partial charge on any atom is -0.493 e. The van der Waals surface area contributed by atoms with Gasteiger partial charge in [-0.15, -0.1) is 11.8 Å². The number of thioether (sulfide) groups is 1. The van der Waals surface area contributed by atoms with Gasteiger partial charge in [0.15, 0.2) is 11.5 Å². The summed E-state index contributed by atoms with van der Waals surface area (Å²) in [5.74, 6) is 1.13. The summed E-state index contributed by atoms with van der Waals surface area (Å²) in [5.41, 5.74) is 7.89. The van der Waals surface area contributed by atoms with Crippen molar-refractivity contribution >= 4 is 23.4 Å². The summed E-state index contributed by atoms with van der Waals surface area (Å²) < 4.78 is 23.0. The van der Waals surface area contributed by atoms with Crippen LogP contribution in [0.1, 0.15) is 62.2 Å².